The summed E-state index contributed by atoms with van der Waals surface area (Å²) in [5.74, 6) is 0.740. The molecule has 0 unspecified atom stereocenters. The Morgan fingerprint density at radius 3 is 2.82 bits per heavy atom. The number of carbonyl (C=O) groups excluding carboxylic acids is 1. The molecule has 0 spiro atoms. The molecule has 1 aliphatic rings. The number of nitrogens with zero attached hydrogens (tertiary/aromatic N) is 4. The predicted octanol–water partition coefficient (Wildman–Crippen LogP) is 5.43. The van der Waals surface area contributed by atoms with E-state index in [1.807, 2.05) is 23.6 Å². The second-order valence-electron chi connectivity index (χ2n) is 8.58. The second-order valence-corrected chi connectivity index (χ2v) is 9.89. The normalized spacial score (nSPS) is 14.6. The highest BCUT2D eigenvalue weighted by Gasteiger charge is 2.22. The molecule has 172 valence electrons. The van der Waals surface area contributed by atoms with E-state index in [0.717, 1.165) is 35.5 Å². The zero-order chi connectivity index (χ0) is 23.2. The lowest BCUT2D eigenvalue weighted by Crippen LogP contribution is -2.32. The first-order chi connectivity index (χ1) is 16.0. The predicted molar refractivity (Wildman–Crippen MR) is 134 cm³/mol. The number of pyridine rings is 1. The summed E-state index contributed by atoms with van der Waals surface area (Å²) in [4.78, 5) is 17.1. The number of aromatic nitrogens is 4. The first-order valence-electron chi connectivity index (χ1n) is 11.6. The largest absolute Gasteiger partial charge is 0.355 e. The van der Waals surface area contributed by atoms with Crippen LogP contribution < -0.4 is 5.32 Å². The molecule has 0 bridgehead atoms. The van der Waals surface area contributed by atoms with E-state index in [-0.39, 0.29) is 11.2 Å². The van der Waals surface area contributed by atoms with Crippen molar-refractivity contribution in [3.05, 3.63) is 65.5 Å². The van der Waals surface area contributed by atoms with Crippen LogP contribution in [0.5, 0.6) is 0 Å². The lowest BCUT2D eigenvalue weighted by atomic mass is 9.97. The van der Waals surface area contributed by atoms with E-state index in [0.29, 0.717) is 11.7 Å². The Labute approximate surface area is 199 Å². The van der Waals surface area contributed by atoms with Gasteiger partial charge in [0.05, 0.1) is 10.9 Å². The van der Waals surface area contributed by atoms with Crippen LogP contribution in [0.15, 0.2) is 59.5 Å². The lowest BCUT2D eigenvalue weighted by Gasteiger charge is -2.16. The van der Waals surface area contributed by atoms with Crippen molar-refractivity contribution in [2.45, 2.75) is 63.3 Å². The summed E-state index contributed by atoms with van der Waals surface area (Å²) in [5, 5.41) is 12.4. The number of allylic oxidation sites excluding steroid dienone is 1. The monoisotopic (exact) mass is 461 g/mol. The molecular formula is C26H31N5OS. The van der Waals surface area contributed by atoms with Gasteiger partial charge in [0.15, 0.2) is 11.0 Å². The third kappa shape index (κ3) is 5.71. The van der Waals surface area contributed by atoms with Gasteiger partial charge in [-0.05, 0) is 76.6 Å². The van der Waals surface area contributed by atoms with Gasteiger partial charge in [-0.2, -0.15) is 0 Å². The molecule has 33 heavy (non-hydrogen) atoms. The van der Waals surface area contributed by atoms with Crippen molar-refractivity contribution in [1.29, 1.82) is 0 Å². The molecule has 6 nitrogen and oxygen atoms in total. The number of amides is 1. The van der Waals surface area contributed by atoms with E-state index < -0.39 is 0 Å². The summed E-state index contributed by atoms with van der Waals surface area (Å²) in [7, 11) is 0. The maximum Gasteiger partial charge on any atom is 0.233 e. The van der Waals surface area contributed by atoms with E-state index in [4.69, 9.17) is 0 Å². The van der Waals surface area contributed by atoms with Gasteiger partial charge in [-0.25, -0.2) is 0 Å². The van der Waals surface area contributed by atoms with Crippen LogP contribution in [0.2, 0.25) is 0 Å². The van der Waals surface area contributed by atoms with Gasteiger partial charge in [-0.15, -0.1) is 10.2 Å². The molecule has 1 aliphatic carbocycles. The molecule has 0 aliphatic heterocycles. The Balaban J connectivity index is 1.54. The number of aryl methyl sites for hydroxylation is 2. The van der Waals surface area contributed by atoms with Gasteiger partial charge in [0, 0.05) is 24.5 Å². The molecule has 2 aromatic heterocycles. The van der Waals surface area contributed by atoms with Crippen molar-refractivity contribution in [2.75, 3.05) is 6.54 Å². The minimum Gasteiger partial charge on any atom is -0.355 e. The molecule has 1 N–H and O–H groups in total. The molecule has 0 fully saturated rings. The van der Waals surface area contributed by atoms with E-state index in [9.17, 15) is 4.79 Å². The molecule has 3 aromatic rings. The molecule has 1 amide bonds. The summed E-state index contributed by atoms with van der Waals surface area (Å²) >= 11 is 1.43. The third-order valence-corrected chi connectivity index (χ3v) is 6.97. The topological polar surface area (TPSA) is 72.7 Å². The van der Waals surface area contributed by atoms with E-state index in [1.54, 1.807) is 12.4 Å². The fraction of sp³-hybridized carbons (Fsp3) is 0.385. The number of nitrogens with one attached hydrogen (secondary N) is 1. The van der Waals surface area contributed by atoms with Crippen molar-refractivity contribution < 1.29 is 4.79 Å². The van der Waals surface area contributed by atoms with Crippen molar-refractivity contribution >= 4 is 17.7 Å². The first kappa shape index (κ1) is 23.2. The second kappa shape index (κ2) is 10.8. The average molecular weight is 462 g/mol. The fourth-order valence-corrected chi connectivity index (χ4v) is 5.02. The number of hydrogen-bond acceptors (Lipinski definition) is 5. The zero-order valence-electron chi connectivity index (χ0n) is 19.5. The molecular weight excluding hydrogens is 430 g/mol. The molecule has 1 atom stereocenters. The van der Waals surface area contributed by atoms with Crippen molar-refractivity contribution in [1.82, 2.24) is 25.1 Å². The van der Waals surface area contributed by atoms with Gasteiger partial charge in [-0.3, -0.25) is 14.3 Å². The van der Waals surface area contributed by atoms with Crippen LogP contribution in [-0.2, 0) is 4.79 Å². The summed E-state index contributed by atoms with van der Waals surface area (Å²) < 4.78 is 2.03. The van der Waals surface area contributed by atoms with E-state index in [1.165, 1.54) is 42.2 Å². The number of benzene rings is 1. The summed E-state index contributed by atoms with van der Waals surface area (Å²) in [6, 6.07) is 10.2. The van der Waals surface area contributed by atoms with Gasteiger partial charge in [0.2, 0.25) is 5.91 Å². The highest BCUT2D eigenvalue weighted by atomic mass is 32.2. The van der Waals surface area contributed by atoms with E-state index >= 15 is 0 Å². The van der Waals surface area contributed by atoms with Crippen LogP contribution >= 0.6 is 11.8 Å². The maximum absolute atomic E-state index is 12.8. The minimum absolute atomic E-state index is 0.0227. The van der Waals surface area contributed by atoms with Crippen LogP contribution in [0.1, 0.15) is 50.2 Å². The first-order valence-corrected chi connectivity index (χ1v) is 12.5. The van der Waals surface area contributed by atoms with Crippen molar-refractivity contribution in [3.63, 3.8) is 0 Å². The third-order valence-electron chi connectivity index (χ3n) is 5.93. The van der Waals surface area contributed by atoms with Crippen molar-refractivity contribution in [3.8, 4) is 17.1 Å². The van der Waals surface area contributed by atoms with Gasteiger partial charge in [-0.1, -0.05) is 41.1 Å². The summed E-state index contributed by atoms with van der Waals surface area (Å²) in [5.41, 5.74) is 5.68. The number of hydrogen-bond donors (Lipinski definition) is 1. The Hall–Kier alpha value is -2.93. The van der Waals surface area contributed by atoms with Crippen molar-refractivity contribution in [2.24, 2.45) is 0 Å². The number of carbonyl (C=O) groups is 1. The molecule has 0 saturated heterocycles. The molecule has 0 saturated carbocycles. The Morgan fingerprint density at radius 1 is 1.21 bits per heavy atom. The summed E-state index contributed by atoms with van der Waals surface area (Å²) in [6.45, 7) is 6.77. The molecule has 7 heteroatoms. The van der Waals surface area contributed by atoms with E-state index in [2.05, 4.69) is 58.6 Å². The van der Waals surface area contributed by atoms with Crippen LogP contribution in [-0.4, -0.2) is 37.5 Å². The maximum atomic E-state index is 12.8. The van der Waals surface area contributed by atoms with Gasteiger partial charge in [0.1, 0.15) is 0 Å². The zero-order valence-corrected chi connectivity index (χ0v) is 20.4. The molecule has 0 radical (unpaired) electrons. The number of rotatable bonds is 8. The summed E-state index contributed by atoms with van der Waals surface area (Å²) in [6.07, 6.45) is 11.7. The van der Waals surface area contributed by atoms with Crippen LogP contribution in [0.3, 0.4) is 0 Å². The molecule has 1 aromatic carbocycles. The Bertz CT molecular complexity index is 1140. The van der Waals surface area contributed by atoms with Crippen LogP contribution in [0.4, 0.5) is 0 Å². The van der Waals surface area contributed by atoms with Gasteiger partial charge in [0.25, 0.3) is 0 Å². The average Bonchev–Trinajstić information content (AvgIpc) is 3.23. The SMILES string of the molecule is Cc1ccc(-n2c(S[C@@H](C)C(=O)NCCC3=CCCCC3)nnc2-c2cccnc2)c(C)c1. The smallest absolute Gasteiger partial charge is 0.233 e. The quantitative estimate of drug-likeness (QED) is 0.357. The number of thioether (sulfide) groups is 1. The highest BCUT2D eigenvalue weighted by molar-refractivity contribution is 8.00. The standard InChI is InChI=1S/C26H31N5OS/c1-18-11-12-23(19(2)16-18)31-24(22-10-7-14-27-17-22)29-30-26(31)33-20(3)25(32)28-15-13-21-8-5-4-6-9-21/h7-8,10-12,14,16-17,20H,4-6,9,13,15H2,1-3H3,(H,28,32)/t20-/m0/s1. The Kier molecular flexibility index (Phi) is 7.60. The fourth-order valence-electron chi connectivity index (χ4n) is 4.14. The Morgan fingerprint density at radius 2 is 2.09 bits per heavy atom. The van der Waals surface area contributed by atoms with Gasteiger partial charge >= 0.3 is 0 Å². The minimum atomic E-state index is -0.291. The molecule has 2 heterocycles. The lowest BCUT2D eigenvalue weighted by molar-refractivity contribution is -0.120. The van der Waals surface area contributed by atoms with Crippen LogP contribution in [0, 0.1) is 13.8 Å². The molecule has 4 rings (SSSR count). The van der Waals surface area contributed by atoms with Crippen LogP contribution in [0.25, 0.3) is 17.1 Å². The highest BCUT2D eigenvalue weighted by Crippen LogP contribution is 2.31. The van der Waals surface area contributed by atoms with Gasteiger partial charge < -0.3 is 5.32 Å².